The topological polar surface area (TPSA) is 0 Å². The lowest BCUT2D eigenvalue weighted by molar-refractivity contribution is 0.626. The van der Waals surface area contributed by atoms with E-state index in [1.54, 1.807) is 12.1 Å². The second-order valence-electron chi connectivity index (χ2n) is 2.99. The van der Waals surface area contributed by atoms with Gasteiger partial charge in [-0.1, -0.05) is 23.9 Å². The zero-order valence-corrected chi connectivity index (χ0v) is 6.18. The van der Waals surface area contributed by atoms with Crippen molar-refractivity contribution in [2.75, 3.05) is 0 Å². The molecule has 0 saturated heterocycles. The van der Waals surface area contributed by atoms with Crippen LogP contribution in [0.3, 0.4) is 0 Å². The molecular weight excluding hydrogens is 138 g/mol. The number of hydrogen-bond donors (Lipinski definition) is 0. The predicted molar refractivity (Wildman–Crippen MR) is 43.2 cm³/mol. The highest BCUT2D eigenvalue weighted by Gasteiger charge is 2.17. The largest absolute Gasteiger partial charge is 0.207 e. The molecule has 0 nitrogen and oxygen atoms in total. The Morgan fingerprint density at radius 3 is 3.09 bits per heavy atom. The van der Waals surface area contributed by atoms with Gasteiger partial charge in [-0.2, -0.15) is 0 Å². The van der Waals surface area contributed by atoms with E-state index < -0.39 is 0 Å². The highest BCUT2D eigenvalue weighted by Crippen LogP contribution is 2.30. The smallest absolute Gasteiger partial charge is 0.123 e. The van der Waals surface area contributed by atoms with E-state index in [0.717, 1.165) is 24.0 Å². The van der Waals surface area contributed by atoms with Crippen molar-refractivity contribution < 1.29 is 4.39 Å². The standard InChI is InChI=1S/C9H8BF/c10-9-4-1-6-5-7(11)2-3-8(6)9/h2-3,5,9H,1,4H2. The van der Waals surface area contributed by atoms with Crippen LogP contribution in [0.4, 0.5) is 4.39 Å². The van der Waals surface area contributed by atoms with E-state index in [2.05, 4.69) is 0 Å². The van der Waals surface area contributed by atoms with E-state index in [1.165, 1.54) is 6.07 Å². The molecule has 1 aromatic rings. The van der Waals surface area contributed by atoms with Crippen molar-refractivity contribution in [3.8, 4) is 0 Å². The van der Waals surface area contributed by atoms with E-state index in [0.29, 0.717) is 0 Å². The van der Waals surface area contributed by atoms with Gasteiger partial charge >= 0.3 is 0 Å². The molecular formula is C9H8BF. The first-order chi connectivity index (χ1) is 5.27. The van der Waals surface area contributed by atoms with Crippen molar-refractivity contribution in [2.24, 2.45) is 0 Å². The van der Waals surface area contributed by atoms with Crippen molar-refractivity contribution in [3.63, 3.8) is 0 Å². The molecule has 54 valence electrons. The Morgan fingerprint density at radius 2 is 2.27 bits per heavy atom. The Morgan fingerprint density at radius 1 is 1.45 bits per heavy atom. The average molecular weight is 146 g/mol. The third-order valence-electron chi connectivity index (χ3n) is 2.23. The van der Waals surface area contributed by atoms with Gasteiger partial charge < -0.3 is 0 Å². The lowest BCUT2D eigenvalue weighted by Gasteiger charge is -2.02. The second-order valence-corrected chi connectivity index (χ2v) is 2.99. The molecule has 11 heavy (non-hydrogen) atoms. The van der Waals surface area contributed by atoms with Crippen LogP contribution < -0.4 is 0 Å². The van der Waals surface area contributed by atoms with Crippen molar-refractivity contribution in [1.29, 1.82) is 0 Å². The lowest BCUT2D eigenvalue weighted by Crippen LogP contribution is -1.90. The molecule has 1 atom stereocenters. The van der Waals surface area contributed by atoms with Crippen LogP contribution in [-0.2, 0) is 6.42 Å². The summed E-state index contributed by atoms with van der Waals surface area (Å²) in [5.41, 5.74) is 2.20. The molecule has 1 aliphatic rings. The summed E-state index contributed by atoms with van der Waals surface area (Å²) in [4.78, 5) is 0. The highest BCUT2D eigenvalue weighted by molar-refractivity contribution is 6.12. The van der Waals surface area contributed by atoms with Crippen LogP contribution in [-0.4, -0.2) is 7.85 Å². The molecule has 1 aliphatic carbocycles. The average Bonchev–Trinajstić information content (AvgIpc) is 2.32. The first-order valence-corrected chi connectivity index (χ1v) is 3.81. The molecule has 0 aliphatic heterocycles. The van der Waals surface area contributed by atoms with E-state index in [1.807, 2.05) is 0 Å². The molecule has 0 N–H and O–H groups in total. The summed E-state index contributed by atoms with van der Waals surface area (Å²) in [5.74, 6) is -0.0246. The maximum absolute atomic E-state index is 12.6. The molecule has 0 aromatic heterocycles. The highest BCUT2D eigenvalue weighted by atomic mass is 19.1. The first-order valence-electron chi connectivity index (χ1n) is 3.81. The first kappa shape index (κ1) is 6.90. The van der Waals surface area contributed by atoms with Crippen LogP contribution in [0.15, 0.2) is 18.2 Å². The van der Waals surface area contributed by atoms with Gasteiger partial charge in [0.15, 0.2) is 0 Å². The van der Waals surface area contributed by atoms with Crippen LogP contribution in [0.2, 0.25) is 0 Å². The fourth-order valence-corrected chi connectivity index (χ4v) is 1.62. The number of fused-ring (bicyclic) bond motifs is 1. The maximum Gasteiger partial charge on any atom is 0.123 e. The summed E-state index contributed by atoms with van der Waals surface area (Å²) in [5, 5.41) is 0. The summed E-state index contributed by atoms with van der Waals surface area (Å²) >= 11 is 0. The van der Waals surface area contributed by atoms with Crippen LogP contribution >= 0.6 is 0 Å². The fraction of sp³-hybridized carbons (Fsp3) is 0.333. The van der Waals surface area contributed by atoms with Gasteiger partial charge in [0.25, 0.3) is 0 Å². The van der Waals surface area contributed by atoms with Crippen molar-refractivity contribution >= 4 is 7.85 Å². The zero-order chi connectivity index (χ0) is 7.84. The summed E-state index contributed by atoms with van der Waals surface area (Å²) in [6, 6.07) is 4.86. The minimum Gasteiger partial charge on any atom is -0.207 e. The Balaban J connectivity index is 2.50. The summed E-state index contributed by atoms with van der Waals surface area (Å²) in [6.45, 7) is 0. The molecule has 2 heteroatoms. The molecule has 1 unspecified atom stereocenters. The second kappa shape index (κ2) is 2.37. The van der Waals surface area contributed by atoms with Crippen molar-refractivity contribution in [2.45, 2.75) is 18.7 Å². The molecule has 1 aromatic carbocycles. The Labute approximate surface area is 66.8 Å². The minimum atomic E-state index is -0.155. The third kappa shape index (κ3) is 1.07. The zero-order valence-electron chi connectivity index (χ0n) is 6.18. The van der Waals surface area contributed by atoms with Gasteiger partial charge in [-0.05, 0) is 24.1 Å². The monoisotopic (exact) mass is 146 g/mol. The van der Waals surface area contributed by atoms with Crippen LogP contribution in [0.1, 0.15) is 23.4 Å². The Kier molecular flexibility index (Phi) is 1.48. The van der Waals surface area contributed by atoms with E-state index >= 15 is 0 Å². The maximum atomic E-state index is 12.6. The lowest BCUT2D eigenvalue weighted by atomic mass is 9.83. The number of rotatable bonds is 0. The normalized spacial score (nSPS) is 21.7. The molecule has 2 rings (SSSR count). The van der Waals surface area contributed by atoms with Gasteiger partial charge in [0, 0.05) is 0 Å². The van der Waals surface area contributed by atoms with Crippen LogP contribution in [0.5, 0.6) is 0 Å². The predicted octanol–water partition coefficient (Wildman–Crippen LogP) is 1.98. The quantitative estimate of drug-likeness (QED) is 0.491. The third-order valence-corrected chi connectivity index (χ3v) is 2.23. The summed E-state index contributed by atoms with van der Waals surface area (Å²) in [6.07, 6.45) is 1.88. The van der Waals surface area contributed by atoms with Gasteiger partial charge in [0.2, 0.25) is 0 Å². The molecule has 0 heterocycles. The Bertz CT molecular complexity index is 283. The van der Waals surface area contributed by atoms with Crippen molar-refractivity contribution in [1.82, 2.24) is 0 Å². The SMILES string of the molecule is [B]C1CCc2cc(F)ccc21. The number of benzene rings is 1. The number of aryl methyl sites for hydroxylation is 1. The number of halogens is 1. The van der Waals surface area contributed by atoms with E-state index in [4.69, 9.17) is 7.85 Å². The van der Waals surface area contributed by atoms with Crippen molar-refractivity contribution in [3.05, 3.63) is 35.1 Å². The fourth-order valence-electron chi connectivity index (χ4n) is 1.62. The van der Waals surface area contributed by atoms with Gasteiger partial charge in [0.05, 0.1) is 7.85 Å². The molecule has 0 bridgehead atoms. The minimum absolute atomic E-state index is 0.130. The molecule has 0 saturated carbocycles. The van der Waals surface area contributed by atoms with Gasteiger partial charge in [-0.3, -0.25) is 0 Å². The van der Waals surface area contributed by atoms with E-state index in [9.17, 15) is 4.39 Å². The van der Waals surface area contributed by atoms with E-state index in [-0.39, 0.29) is 11.6 Å². The van der Waals surface area contributed by atoms with Gasteiger partial charge in [0.1, 0.15) is 5.82 Å². The molecule has 2 radical (unpaired) electrons. The van der Waals surface area contributed by atoms with Crippen LogP contribution in [0, 0.1) is 5.82 Å². The van der Waals surface area contributed by atoms with Crippen LogP contribution in [0.25, 0.3) is 0 Å². The Hall–Kier alpha value is -0.785. The summed E-state index contributed by atoms with van der Waals surface area (Å²) in [7, 11) is 5.77. The summed E-state index contributed by atoms with van der Waals surface area (Å²) < 4.78 is 12.6. The van der Waals surface area contributed by atoms with Gasteiger partial charge in [-0.25, -0.2) is 4.39 Å². The molecule has 0 amide bonds. The molecule has 0 spiro atoms. The van der Waals surface area contributed by atoms with Gasteiger partial charge in [-0.15, -0.1) is 0 Å². The number of hydrogen-bond acceptors (Lipinski definition) is 0. The molecule has 0 fully saturated rings.